The first-order valence-corrected chi connectivity index (χ1v) is 8.93. The lowest BCUT2D eigenvalue weighted by atomic mass is 10.2. The Balaban J connectivity index is 2.44. The van der Waals surface area contributed by atoms with Crippen LogP contribution in [0, 0.1) is 0 Å². The minimum Gasteiger partial charge on any atom is -0.391 e. The second-order valence-electron chi connectivity index (χ2n) is 5.29. The van der Waals surface area contributed by atoms with Gasteiger partial charge in [-0.25, -0.2) is 13.1 Å². The van der Waals surface area contributed by atoms with E-state index < -0.39 is 10.0 Å². The molecular weight excluding hydrogens is 308 g/mol. The average molecular weight is 328 g/mol. The summed E-state index contributed by atoms with van der Waals surface area (Å²) in [4.78, 5) is 2.60. The molecule has 0 aliphatic rings. The molecule has 0 saturated carbocycles. The Labute approximate surface area is 129 Å². The van der Waals surface area contributed by atoms with Gasteiger partial charge in [-0.2, -0.15) is 0 Å². The zero-order valence-corrected chi connectivity index (χ0v) is 14.0. The van der Waals surface area contributed by atoms with Crippen LogP contribution >= 0.6 is 11.3 Å². The van der Waals surface area contributed by atoms with Crippen LogP contribution in [0.2, 0.25) is 0 Å². The van der Waals surface area contributed by atoms with Crippen molar-refractivity contribution in [2.45, 2.75) is 24.5 Å². The van der Waals surface area contributed by atoms with Crippen molar-refractivity contribution in [1.82, 2.24) is 9.62 Å². The maximum atomic E-state index is 12.6. The molecule has 7 heteroatoms. The van der Waals surface area contributed by atoms with Crippen LogP contribution in [0.3, 0.4) is 0 Å². The van der Waals surface area contributed by atoms with Crippen molar-refractivity contribution in [2.75, 3.05) is 20.6 Å². The van der Waals surface area contributed by atoms with Crippen molar-refractivity contribution < 1.29 is 13.5 Å². The van der Waals surface area contributed by atoms with E-state index in [1.54, 1.807) is 12.1 Å². The van der Waals surface area contributed by atoms with Crippen molar-refractivity contribution in [3.63, 3.8) is 0 Å². The first-order chi connectivity index (χ1) is 9.85. The molecule has 1 heterocycles. The maximum Gasteiger partial charge on any atom is 0.242 e. The summed E-state index contributed by atoms with van der Waals surface area (Å²) in [5.41, 5.74) is 0. The second kappa shape index (κ2) is 6.41. The number of hydrogen-bond acceptors (Lipinski definition) is 5. The van der Waals surface area contributed by atoms with Gasteiger partial charge in [0.25, 0.3) is 0 Å². The molecule has 1 unspecified atom stereocenters. The molecule has 2 aromatic rings. The second-order valence-corrected chi connectivity index (χ2v) is 8.08. The van der Waals surface area contributed by atoms with Gasteiger partial charge in [0.05, 0.1) is 11.5 Å². The third kappa shape index (κ3) is 3.61. The standard InChI is InChI=1S/C14H20N2O3S2/c1-10(8-16(2)3)15-21(18,19)14-11-6-4-5-7-12(11)20-13(14)9-17/h4-7,10,15,17H,8-9H2,1-3H3. The molecule has 0 fully saturated rings. The number of hydrogen-bond donors (Lipinski definition) is 2. The average Bonchev–Trinajstić information content (AvgIpc) is 2.75. The summed E-state index contributed by atoms with van der Waals surface area (Å²) in [6, 6.07) is 7.09. The monoisotopic (exact) mass is 328 g/mol. The fourth-order valence-electron chi connectivity index (χ4n) is 2.38. The van der Waals surface area contributed by atoms with Gasteiger partial charge in [-0.3, -0.25) is 0 Å². The summed E-state index contributed by atoms with van der Waals surface area (Å²) in [5.74, 6) is 0. The number of thiophene rings is 1. The van der Waals surface area contributed by atoms with Crippen LogP contribution in [0.1, 0.15) is 11.8 Å². The van der Waals surface area contributed by atoms with Gasteiger partial charge in [0, 0.05) is 22.7 Å². The van der Waals surface area contributed by atoms with E-state index in [0.29, 0.717) is 16.8 Å². The van der Waals surface area contributed by atoms with Gasteiger partial charge in [-0.15, -0.1) is 11.3 Å². The summed E-state index contributed by atoms with van der Waals surface area (Å²) < 4.78 is 28.8. The zero-order chi connectivity index (χ0) is 15.6. The van der Waals surface area contributed by atoms with Gasteiger partial charge >= 0.3 is 0 Å². The van der Waals surface area contributed by atoms with Gasteiger partial charge in [0.2, 0.25) is 10.0 Å². The number of aliphatic hydroxyl groups excluding tert-OH is 1. The van der Waals surface area contributed by atoms with Gasteiger partial charge in [-0.05, 0) is 27.1 Å². The number of sulfonamides is 1. The first-order valence-electron chi connectivity index (χ1n) is 6.63. The lowest BCUT2D eigenvalue weighted by Crippen LogP contribution is -2.39. The largest absolute Gasteiger partial charge is 0.391 e. The molecule has 2 N–H and O–H groups in total. The smallest absolute Gasteiger partial charge is 0.242 e. The zero-order valence-electron chi connectivity index (χ0n) is 12.3. The highest BCUT2D eigenvalue weighted by Gasteiger charge is 2.25. The van der Waals surface area contributed by atoms with Crippen LogP contribution in [0.25, 0.3) is 10.1 Å². The SMILES string of the molecule is CC(CN(C)C)NS(=O)(=O)c1c(CO)sc2ccccc12. The Morgan fingerprint density at radius 1 is 1.33 bits per heavy atom. The predicted molar refractivity (Wildman–Crippen MR) is 86.1 cm³/mol. The fourth-order valence-corrected chi connectivity index (χ4v) is 5.41. The summed E-state index contributed by atoms with van der Waals surface area (Å²) in [6.07, 6.45) is 0. The van der Waals surface area contributed by atoms with E-state index >= 15 is 0 Å². The van der Waals surface area contributed by atoms with Crippen molar-refractivity contribution in [1.29, 1.82) is 0 Å². The van der Waals surface area contributed by atoms with Crippen LogP contribution in [0.4, 0.5) is 0 Å². The Kier molecular flexibility index (Phi) is 5.00. The number of benzene rings is 1. The molecule has 5 nitrogen and oxygen atoms in total. The molecule has 0 bridgehead atoms. The minimum absolute atomic E-state index is 0.205. The van der Waals surface area contributed by atoms with E-state index in [1.807, 2.05) is 38.1 Å². The number of nitrogens with zero attached hydrogens (tertiary/aromatic N) is 1. The number of nitrogens with one attached hydrogen (secondary N) is 1. The molecule has 21 heavy (non-hydrogen) atoms. The topological polar surface area (TPSA) is 69.6 Å². The maximum absolute atomic E-state index is 12.6. The predicted octanol–water partition coefficient (Wildman–Crippen LogP) is 1.62. The van der Waals surface area contributed by atoms with Gasteiger partial charge < -0.3 is 10.0 Å². The highest BCUT2D eigenvalue weighted by molar-refractivity contribution is 7.90. The van der Waals surface area contributed by atoms with Crippen LogP contribution in [0.5, 0.6) is 0 Å². The molecule has 0 saturated heterocycles. The Hall–Kier alpha value is -0.990. The third-order valence-electron chi connectivity index (χ3n) is 3.03. The number of fused-ring (bicyclic) bond motifs is 1. The van der Waals surface area contributed by atoms with Crippen molar-refractivity contribution in [2.24, 2.45) is 0 Å². The van der Waals surface area contributed by atoms with E-state index in [-0.39, 0.29) is 17.5 Å². The van der Waals surface area contributed by atoms with Crippen LogP contribution in [-0.2, 0) is 16.6 Å². The Bertz CT molecular complexity index is 723. The summed E-state index contributed by atoms with van der Waals surface area (Å²) >= 11 is 1.31. The number of likely N-dealkylation sites (N-methyl/N-ethyl adjacent to an activating group) is 1. The summed E-state index contributed by atoms with van der Waals surface area (Å²) in [5, 5.41) is 10.1. The number of rotatable bonds is 6. The molecule has 116 valence electrons. The van der Waals surface area contributed by atoms with E-state index in [9.17, 15) is 13.5 Å². The Morgan fingerprint density at radius 2 is 2.00 bits per heavy atom. The van der Waals surface area contributed by atoms with Crippen LogP contribution < -0.4 is 4.72 Å². The highest BCUT2D eigenvalue weighted by Crippen LogP contribution is 2.34. The summed E-state index contributed by atoms with van der Waals surface area (Å²) in [6.45, 7) is 2.15. The van der Waals surface area contributed by atoms with Crippen molar-refractivity contribution in [3.05, 3.63) is 29.1 Å². The third-order valence-corrected chi connectivity index (χ3v) is 6.03. The minimum atomic E-state index is -3.66. The normalized spacial score (nSPS) is 14.0. The van der Waals surface area contributed by atoms with E-state index in [0.717, 1.165) is 4.70 Å². The van der Waals surface area contributed by atoms with Crippen molar-refractivity contribution >= 4 is 31.4 Å². The van der Waals surface area contributed by atoms with Crippen LogP contribution in [-0.4, -0.2) is 45.1 Å². The van der Waals surface area contributed by atoms with E-state index in [2.05, 4.69) is 4.72 Å². The summed E-state index contributed by atoms with van der Waals surface area (Å²) in [7, 11) is 0.128. The van der Waals surface area contributed by atoms with Gasteiger partial charge in [0.1, 0.15) is 4.90 Å². The van der Waals surface area contributed by atoms with Crippen molar-refractivity contribution in [3.8, 4) is 0 Å². The molecular formula is C14H20N2O3S2. The number of aliphatic hydroxyl groups is 1. The van der Waals surface area contributed by atoms with Gasteiger partial charge in [-0.1, -0.05) is 18.2 Å². The van der Waals surface area contributed by atoms with Gasteiger partial charge in [0.15, 0.2) is 0 Å². The molecule has 2 rings (SSSR count). The molecule has 1 atom stereocenters. The molecule has 0 aliphatic carbocycles. The molecule has 1 aromatic carbocycles. The lowest BCUT2D eigenvalue weighted by molar-refractivity contribution is 0.282. The first kappa shape index (κ1) is 16.4. The quantitative estimate of drug-likeness (QED) is 0.845. The lowest BCUT2D eigenvalue weighted by Gasteiger charge is -2.18. The van der Waals surface area contributed by atoms with E-state index in [4.69, 9.17) is 0 Å². The Morgan fingerprint density at radius 3 is 2.62 bits per heavy atom. The highest BCUT2D eigenvalue weighted by atomic mass is 32.2. The van der Waals surface area contributed by atoms with E-state index in [1.165, 1.54) is 11.3 Å². The molecule has 0 aliphatic heterocycles. The molecule has 1 aromatic heterocycles. The molecule has 0 amide bonds. The molecule has 0 radical (unpaired) electrons. The fraction of sp³-hybridized carbons (Fsp3) is 0.429. The van der Waals surface area contributed by atoms with Crippen LogP contribution in [0.15, 0.2) is 29.2 Å². The molecule has 0 spiro atoms.